The molecule has 0 aromatic rings. The molecule has 1 aliphatic carbocycles. The molecule has 2 heterocycles. The summed E-state index contributed by atoms with van der Waals surface area (Å²) in [5.74, 6) is 0.893. The average molecular weight is 396 g/mol. The lowest BCUT2D eigenvalue weighted by atomic mass is 9.91. The molecule has 0 aromatic carbocycles. The molecule has 0 unspecified atom stereocenters. The van der Waals surface area contributed by atoms with Crippen LogP contribution in [0.5, 0.6) is 0 Å². The molecule has 0 atom stereocenters. The Morgan fingerprint density at radius 1 is 0.857 bits per heavy atom. The zero-order valence-corrected chi connectivity index (χ0v) is 19.2. The molecule has 2 aliphatic heterocycles. The molecule has 3 aliphatic rings. The molecule has 3 rings (SSSR count). The number of hydrogen-bond donors (Lipinski definition) is 0. The van der Waals surface area contributed by atoms with Gasteiger partial charge in [0.05, 0.1) is 24.4 Å². The first-order valence-corrected chi connectivity index (χ1v) is 11.8. The van der Waals surface area contributed by atoms with E-state index in [1.165, 1.54) is 58.7 Å². The third kappa shape index (κ3) is 7.24. The van der Waals surface area contributed by atoms with E-state index in [0.29, 0.717) is 18.2 Å². The monoisotopic (exact) mass is 395 g/mol. The van der Waals surface area contributed by atoms with Gasteiger partial charge in [-0.15, -0.1) is 0 Å². The number of nitrogens with zero attached hydrogens (tertiary/aromatic N) is 3. The van der Waals surface area contributed by atoms with Crippen molar-refractivity contribution in [3.8, 4) is 0 Å². The van der Waals surface area contributed by atoms with Crippen molar-refractivity contribution in [3.05, 3.63) is 0 Å². The van der Waals surface area contributed by atoms with Gasteiger partial charge in [0.15, 0.2) is 0 Å². The van der Waals surface area contributed by atoms with Crippen molar-refractivity contribution in [1.82, 2.24) is 14.7 Å². The van der Waals surface area contributed by atoms with Crippen LogP contribution < -0.4 is 0 Å². The van der Waals surface area contributed by atoms with Crippen LogP contribution in [0.3, 0.4) is 0 Å². The number of ether oxygens (including phenoxy) is 2. The van der Waals surface area contributed by atoms with Gasteiger partial charge in [0.2, 0.25) is 0 Å². The van der Waals surface area contributed by atoms with Gasteiger partial charge in [-0.1, -0.05) is 0 Å². The van der Waals surface area contributed by atoms with E-state index in [1.807, 2.05) is 0 Å². The van der Waals surface area contributed by atoms with E-state index in [4.69, 9.17) is 9.47 Å². The molecule has 0 radical (unpaired) electrons. The Morgan fingerprint density at radius 3 is 2.07 bits per heavy atom. The summed E-state index contributed by atoms with van der Waals surface area (Å²) in [7, 11) is 0. The Bertz CT molecular complexity index is 443. The summed E-state index contributed by atoms with van der Waals surface area (Å²) in [6.07, 6.45) is 5.69. The lowest BCUT2D eigenvalue weighted by molar-refractivity contribution is -0.149. The second kappa shape index (κ2) is 10.2. The number of likely N-dealkylation sites (tertiary alicyclic amines) is 1. The Morgan fingerprint density at radius 2 is 1.50 bits per heavy atom. The first-order valence-electron chi connectivity index (χ1n) is 11.8. The van der Waals surface area contributed by atoms with Crippen LogP contribution in [0.4, 0.5) is 0 Å². The molecule has 1 saturated carbocycles. The molecule has 28 heavy (non-hydrogen) atoms. The highest BCUT2D eigenvalue weighted by Crippen LogP contribution is 2.30. The maximum absolute atomic E-state index is 6.07. The Labute approximate surface area is 173 Å². The fourth-order valence-electron chi connectivity index (χ4n) is 4.82. The van der Waals surface area contributed by atoms with Crippen LogP contribution in [0.15, 0.2) is 0 Å². The minimum atomic E-state index is -0.0258. The van der Waals surface area contributed by atoms with Gasteiger partial charge < -0.3 is 19.3 Å². The minimum absolute atomic E-state index is 0.0258. The SMILES string of the molecule is CC(C)N1CCN(CC2CCN(CCO[C@H]3C[C@H](OC(C)(C)C)C3)CC2)CC1. The maximum Gasteiger partial charge on any atom is 0.0631 e. The smallest absolute Gasteiger partial charge is 0.0631 e. The first kappa shape index (κ1) is 22.5. The Kier molecular flexibility index (Phi) is 8.20. The van der Waals surface area contributed by atoms with E-state index >= 15 is 0 Å². The second-order valence-electron chi connectivity index (χ2n) is 10.5. The van der Waals surface area contributed by atoms with Crippen molar-refractivity contribution < 1.29 is 9.47 Å². The number of piperazine rings is 1. The highest BCUT2D eigenvalue weighted by atomic mass is 16.5. The second-order valence-corrected chi connectivity index (χ2v) is 10.5. The van der Waals surface area contributed by atoms with Gasteiger partial charge in [0.25, 0.3) is 0 Å². The Balaban J connectivity index is 1.21. The van der Waals surface area contributed by atoms with Crippen molar-refractivity contribution in [2.75, 3.05) is 59.0 Å². The zero-order chi connectivity index (χ0) is 20.1. The summed E-state index contributed by atoms with van der Waals surface area (Å²) < 4.78 is 12.1. The molecule has 0 spiro atoms. The molecule has 0 amide bonds. The van der Waals surface area contributed by atoms with Crippen molar-refractivity contribution in [3.63, 3.8) is 0 Å². The highest BCUT2D eigenvalue weighted by molar-refractivity contribution is 4.84. The van der Waals surface area contributed by atoms with E-state index < -0.39 is 0 Å². The van der Waals surface area contributed by atoms with Gasteiger partial charge in [-0.2, -0.15) is 0 Å². The number of piperidine rings is 1. The van der Waals surface area contributed by atoms with Crippen molar-refractivity contribution >= 4 is 0 Å². The van der Waals surface area contributed by atoms with E-state index in [9.17, 15) is 0 Å². The van der Waals surface area contributed by atoms with E-state index in [0.717, 1.165) is 31.9 Å². The third-order valence-corrected chi connectivity index (χ3v) is 6.69. The van der Waals surface area contributed by atoms with Crippen molar-refractivity contribution in [2.45, 2.75) is 84.2 Å². The van der Waals surface area contributed by atoms with Crippen LogP contribution in [-0.2, 0) is 9.47 Å². The largest absolute Gasteiger partial charge is 0.377 e. The van der Waals surface area contributed by atoms with Gasteiger partial charge in [0.1, 0.15) is 0 Å². The third-order valence-electron chi connectivity index (χ3n) is 6.69. The maximum atomic E-state index is 6.07. The van der Waals surface area contributed by atoms with E-state index in [1.54, 1.807) is 0 Å². The van der Waals surface area contributed by atoms with E-state index in [2.05, 4.69) is 49.3 Å². The normalized spacial score (nSPS) is 29.4. The van der Waals surface area contributed by atoms with Crippen molar-refractivity contribution in [2.24, 2.45) is 5.92 Å². The summed E-state index contributed by atoms with van der Waals surface area (Å²) >= 11 is 0. The molecule has 2 saturated heterocycles. The van der Waals surface area contributed by atoms with Gasteiger partial charge in [0, 0.05) is 45.3 Å². The van der Waals surface area contributed by atoms with Crippen molar-refractivity contribution in [1.29, 1.82) is 0 Å². The molecule has 5 heteroatoms. The lowest BCUT2D eigenvalue weighted by Gasteiger charge is -2.40. The molecule has 3 fully saturated rings. The molecule has 0 N–H and O–H groups in total. The zero-order valence-electron chi connectivity index (χ0n) is 19.2. The molecule has 0 bridgehead atoms. The lowest BCUT2D eigenvalue weighted by Crippen LogP contribution is -2.50. The first-order chi connectivity index (χ1) is 13.3. The fourth-order valence-corrected chi connectivity index (χ4v) is 4.82. The van der Waals surface area contributed by atoms with E-state index in [-0.39, 0.29) is 5.60 Å². The summed E-state index contributed by atoms with van der Waals surface area (Å²) in [6, 6.07) is 0.699. The average Bonchev–Trinajstić information content (AvgIpc) is 2.60. The van der Waals surface area contributed by atoms with Crippen LogP contribution in [0, 0.1) is 5.92 Å². The van der Waals surface area contributed by atoms with Crippen LogP contribution in [-0.4, -0.2) is 97.5 Å². The van der Waals surface area contributed by atoms with Crippen LogP contribution in [0.2, 0.25) is 0 Å². The Hall–Kier alpha value is -0.200. The minimum Gasteiger partial charge on any atom is -0.377 e. The quantitative estimate of drug-likeness (QED) is 0.630. The molecule has 5 nitrogen and oxygen atoms in total. The predicted molar refractivity (Wildman–Crippen MR) is 116 cm³/mol. The summed E-state index contributed by atoms with van der Waals surface area (Å²) in [5, 5.41) is 0. The fraction of sp³-hybridized carbons (Fsp3) is 1.00. The summed E-state index contributed by atoms with van der Waals surface area (Å²) in [6.45, 7) is 21.8. The summed E-state index contributed by atoms with van der Waals surface area (Å²) in [5.41, 5.74) is -0.0258. The van der Waals surface area contributed by atoms with Gasteiger partial charge in [-0.3, -0.25) is 4.90 Å². The van der Waals surface area contributed by atoms with Gasteiger partial charge in [-0.05, 0) is 79.3 Å². The highest BCUT2D eigenvalue weighted by Gasteiger charge is 2.33. The standard InChI is InChI=1S/C23H45N3O2/c1-19(2)26-12-10-25(11-13-26)18-20-6-8-24(9-7-20)14-15-27-21-16-22(17-21)28-23(3,4)5/h19-22H,6-18H2,1-5H3/t21-,22-. The topological polar surface area (TPSA) is 28.2 Å². The molecule has 0 aromatic heterocycles. The van der Waals surface area contributed by atoms with Crippen LogP contribution in [0.1, 0.15) is 60.3 Å². The molecule has 164 valence electrons. The van der Waals surface area contributed by atoms with Crippen LogP contribution >= 0.6 is 0 Å². The number of hydrogen-bond acceptors (Lipinski definition) is 5. The van der Waals surface area contributed by atoms with Gasteiger partial charge >= 0.3 is 0 Å². The predicted octanol–water partition coefficient (Wildman–Crippen LogP) is 3.09. The number of rotatable bonds is 8. The van der Waals surface area contributed by atoms with Crippen LogP contribution in [0.25, 0.3) is 0 Å². The summed E-state index contributed by atoms with van der Waals surface area (Å²) in [4.78, 5) is 7.92. The molecular weight excluding hydrogens is 350 g/mol. The molecular formula is C23H45N3O2. The van der Waals surface area contributed by atoms with Gasteiger partial charge in [-0.25, -0.2) is 0 Å².